The van der Waals surface area contributed by atoms with Crippen molar-refractivity contribution in [3.8, 4) is 0 Å². The van der Waals surface area contributed by atoms with E-state index in [-0.39, 0.29) is 36.1 Å². The SMILES string of the molecule is CCCN(CC(=O)N1CCn2cccc2C1c1cccc(F)c1)C(=O)C(CC)c1ccccc1. The van der Waals surface area contributed by atoms with E-state index in [1.54, 1.807) is 15.9 Å². The molecule has 0 spiro atoms. The number of nitrogens with zero attached hydrogens (tertiary/aromatic N) is 3. The molecule has 1 aliphatic heterocycles. The number of halogens is 1. The van der Waals surface area contributed by atoms with Crippen molar-refractivity contribution in [1.29, 1.82) is 0 Å². The van der Waals surface area contributed by atoms with Crippen LogP contribution in [-0.2, 0) is 16.1 Å². The highest BCUT2D eigenvalue weighted by atomic mass is 19.1. The highest BCUT2D eigenvalue weighted by Crippen LogP contribution is 2.33. The Balaban J connectivity index is 1.60. The molecular formula is C28H32FN3O2. The lowest BCUT2D eigenvalue weighted by atomic mass is 9.94. The molecule has 178 valence electrons. The van der Waals surface area contributed by atoms with Crippen LogP contribution in [0.5, 0.6) is 0 Å². The molecule has 0 aliphatic carbocycles. The largest absolute Gasteiger partial charge is 0.348 e. The van der Waals surface area contributed by atoms with Gasteiger partial charge in [-0.15, -0.1) is 0 Å². The molecule has 2 heterocycles. The van der Waals surface area contributed by atoms with Gasteiger partial charge in [0.2, 0.25) is 11.8 Å². The third-order valence-corrected chi connectivity index (χ3v) is 6.56. The quantitative estimate of drug-likeness (QED) is 0.474. The van der Waals surface area contributed by atoms with Gasteiger partial charge in [0.15, 0.2) is 0 Å². The fourth-order valence-corrected chi connectivity index (χ4v) is 4.93. The molecule has 1 aromatic heterocycles. The first-order valence-corrected chi connectivity index (χ1v) is 12.1. The van der Waals surface area contributed by atoms with E-state index in [9.17, 15) is 14.0 Å². The number of hydrogen-bond donors (Lipinski definition) is 0. The molecule has 0 N–H and O–H groups in total. The number of amides is 2. The lowest BCUT2D eigenvalue weighted by Crippen LogP contribution is -2.48. The second-order valence-corrected chi connectivity index (χ2v) is 8.80. The van der Waals surface area contributed by atoms with E-state index in [0.29, 0.717) is 26.1 Å². The van der Waals surface area contributed by atoms with Gasteiger partial charge in [0, 0.05) is 31.5 Å². The van der Waals surface area contributed by atoms with Gasteiger partial charge in [0.25, 0.3) is 0 Å². The molecular weight excluding hydrogens is 429 g/mol. The van der Waals surface area contributed by atoms with E-state index < -0.39 is 0 Å². The smallest absolute Gasteiger partial charge is 0.243 e. The second kappa shape index (κ2) is 10.7. The van der Waals surface area contributed by atoms with Crippen molar-refractivity contribution in [2.24, 2.45) is 0 Å². The van der Waals surface area contributed by atoms with Gasteiger partial charge < -0.3 is 14.4 Å². The second-order valence-electron chi connectivity index (χ2n) is 8.80. The standard InChI is InChI=1S/C28H32FN3O2/c1-3-15-31(28(34)24(4-2)21-10-6-5-7-11-21)20-26(33)32-18-17-30-16-9-14-25(30)27(32)22-12-8-13-23(29)19-22/h5-14,16,19,24,27H,3-4,15,17-18,20H2,1-2H3. The van der Waals surface area contributed by atoms with Crippen molar-refractivity contribution in [1.82, 2.24) is 14.4 Å². The predicted molar refractivity (Wildman–Crippen MR) is 131 cm³/mol. The minimum Gasteiger partial charge on any atom is -0.348 e. The lowest BCUT2D eigenvalue weighted by molar-refractivity contribution is -0.143. The Morgan fingerprint density at radius 2 is 1.82 bits per heavy atom. The fraction of sp³-hybridized carbons (Fsp3) is 0.357. The third-order valence-electron chi connectivity index (χ3n) is 6.56. The molecule has 5 nitrogen and oxygen atoms in total. The fourth-order valence-electron chi connectivity index (χ4n) is 4.93. The van der Waals surface area contributed by atoms with Gasteiger partial charge in [-0.3, -0.25) is 9.59 Å². The number of fused-ring (bicyclic) bond motifs is 1. The average Bonchev–Trinajstić information content (AvgIpc) is 3.33. The first-order chi connectivity index (χ1) is 16.5. The zero-order valence-corrected chi connectivity index (χ0v) is 19.9. The van der Waals surface area contributed by atoms with Gasteiger partial charge >= 0.3 is 0 Å². The van der Waals surface area contributed by atoms with Crippen LogP contribution in [0.4, 0.5) is 4.39 Å². The van der Waals surface area contributed by atoms with Gasteiger partial charge in [-0.25, -0.2) is 4.39 Å². The Morgan fingerprint density at radius 1 is 1.03 bits per heavy atom. The maximum Gasteiger partial charge on any atom is 0.243 e. The Bertz CT molecular complexity index is 1130. The van der Waals surface area contributed by atoms with Crippen molar-refractivity contribution in [3.63, 3.8) is 0 Å². The van der Waals surface area contributed by atoms with Crippen molar-refractivity contribution in [3.05, 3.63) is 95.6 Å². The molecule has 2 amide bonds. The van der Waals surface area contributed by atoms with Crippen molar-refractivity contribution >= 4 is 11.8 Å². The molecule has 0 saturated heterocycles. The normalized spacial score (nSPS) is 16.1. The number of benzene rings is 2. The van der Waals surface area contributed by atoms with Gasteiger partial charge in [0.05, 0.1) is 18.5 Å². The van der Waals surface area contributed by atoms with Crippen molar-refractivity contribution < 1.29 is 14.0 Å². The van der Waals surface area contributed by atoms with E-state index in [1.807, 2.05) is 68.6 Å². The molecule has 0 saturated carbocycles. The monoisotopic (exact) mass is 461 g/mol. The first-order valence-electron chi connectivity index (χ1n) is 12.1. The van der Waals surface area contributed by atoms with E-state index in [2.05, 4.69) is 4.57 Å². The molecule has 3 aromatic rings. The maximum absolute atomic E-state index is 14.1. The lowest BCUT2D eigenvalue weighted by Gasteiger charge is -2.38. The molecule has 0 radical (unpaired) electrons. The molecule has 4 rings (SSSR count). The van der Waals surface area contributed by atoms with Crippen molar-refractivity contribution in [2.45, 2.75) is 45.2 Å². The summed E-state index contributed by atoms with van der Waals surface area (Å²) < 4.78 is 16.2. The summed E-state index contributed by atoms with van der Waals surface area (Å²) in [7, 11) is 0. The summed E-state index contributed by atoms with van der Waals surface area (Å²) in [4.78, 5) is 30.7. The molecule has 6 heteroatoms. The summed E-state index contributed by atoms with van der Waals surface area (Å²) in [5.41, 5.74) is 2.66. The highest BCUT2D eigenvalue weighted by Gasteiger charge is 2.34. The number of carbonyl (C=O) groups is 2. The van der Waals surface area contributed by atoms with Crippen LogP contribution >= 0.6 is 0 Å². The summed E-state index contributed by atoms with van der Waals surface area (Å²) in [5.74, 6) is -0.749. The van der Waals surface area contributed by atoms with E-state index in [0.717, 1.165) is 23.2 Å². The van der Waals surface area contributed by atoms with Crippen LogP contribution in [0.15, 0.2) is 72.9 Å². The zero-order chi connectivity index (χ0) is 24.1. The molecule has 34 heavy (non-hydrogen) atoms. The number of hydrogen-bond acceptors (Lipinski definition) is 2. The van der Waals surface area contributed by atoms with E-state index >= 15 is 0 Å². The molecule has 2 aromatic carbocycles. The van der Waals surface area contributed by atoms with Crippen LogP contribution in [-0.4, -0.2) is 45.8 Å². The Morgan fingerprint density at radius 3 is 2.53 bits per heavy atom. The third kappa shape index (κ3) is 4.91. The van der Waals surface area contributed by atoms with Gasteiger partial charge in [-0.1, -0.05) is 56.3 Å². The van der Waals surface area contributed by atoms with Gasteiger partial charge in [-0.05, 0) is 48.2 Å². The highest BCUT2D eigenvalue weighted by molar-refractivity contribution is 5.89. The molecule has 2 unspecified atom stereocenters. The minimum absolute atomic E-state index is 0.0164. The Labute approximate surface area is 200 Å². The van der Waals surface area contributed by atoms with Crippen LogP contribution in [0, 0.1) is 5.82 Å². The van der Waals surface area contributed by atoms with Crippen LogP contribution in [0.1, 0.15) is 55.5 Å². The Kier molecular flexibility index (Phi) is 7.46. The van der Waals surface area contributed by atoms with E-state index in [1.165, 1.54) is 12.1 Å². The minimum atomic E-state index is -0.387. The van der Waals surface area contributed by atoms with Crippen LogP contribution < -0.4 is 0 Å². The molecule has 0 bridgehead atoms. The zero-order valence-electron chi connectivity index (χ0n) is 19.9. The predicted octanol–water partition coefficient (Wildman–Crippen LogP) is 4.99. The average molecular weight is 462 g/mol. The summed E-state index contributed by atoms with van der Waals surface area (Å²) in [6, 6.07) is 19.7. The topological polar surface area (TPSA) is 45.6 Å². The summed E-state index contributed by atoms with van der Waals surface area (Å²) in [6.45, 7) is 5.72. The first kappa shape index (κ1) is 23.7. The maximum atomic E-state index is 14.1. The van der Waals surface area contributed by atoms with Crippen LogP contribution in [0.2, 0.25) is 0 Å². The number of aromatic nitrogens is 1. The van der Waals surface area contributed by atoms with Crippen LogP contribution in [0.25, 0.3) is 0 Å². The van der Waals surface area contributed by atoms with Crippen LogP contribution in [0.3, 0.4) is 0 Å². The Hall–Kier alpha value is -3.41. The van der Waals surface area contributed by atoms with E-state index in [4.69, 9.17) is 0 Å². The van der Waals surface area contributed by atoms with Gasteiger partial charge in [0.1, 0.15) is 5.82 Å². The number of rotatable bonds is 8. The molecule has 0 fully saturated rings. The summed E-state index contributed by atoms with van der Waals surface area (Å²) in [5, 5.41) is 0. The van der Waals surface area contributed by atoms with Gasteiger partial charge in [-0.2, -0.15) is 0 Å². The van der Waals surface area contributed by atoms with Crippen molar-refractivity contribution in [2.75, 3.05) is 19.6 Å². The summed E-state index contributed by atoms with van der Waals surface area (Å²) >= 11 is 0. The molecule has 2 atom stereocenters. The molecule has 1 aliphatic rings. The number of carbonyl (C=O) groups excluding carboxylic acids is 2. The summed E-state index contributed by atoms with van der Waals surface area (Å²) in [6.07, 6.45) is 3.42.